The van der Waals surface area contributed by atoms with Crippen molar-refractivity contribution in [1.29, 1.82) is 0 Å². The van der Waals surface area contributed by atoms with Crippen LogP contribution in [0.5, 0.6) is 0 Å². The molecule has 1 aromatic heterocycles. The van der Waals surface area contributed by atoms with Crippen LogP contribution in [-0.2, 0) is 0 Å². The molecule has 1 aliphatic rings. The number of hydrogen-bond acceptors (Lipinski definition) is 2. The first-order chi connectivity index (χ1) is 7.27. The van der Waals surface area contributed by atoms with Gasteiger partial charge in [0.2, 0.25) is 0 Å². The molecule has 3 atom stereocenters. The summed E-state index contributed by atoms with van der Waals surface area (Å²) in [6, 6.07) is 4.99. The molecule has 1 fully saturated rings. The molecule has 0 aromatic carbocycles. The second kappa shape index (κ2) is 4.75. The molecule has 2 heterocycles. The first kappa shape index (κ1) is 10.6. The highest BCUT2D eigenvalue weighted by molar-refractivity contribution is 5.17. The zero-order valence-electron chi connectivity index (χ0n) is 9.61. The molecule has 0 aliphatic carbocycles. The van der Waals surface area contributed by atoms with Crippen molar-refractivity contribution in [2.75, 3.05) is 6.54 Å². The van der Waals surface area contributed by atoms with E-state index in [1.165, 1.54) is 18.4 Å². The molecule has 15 heavy (non-hydrogen) atoms. The van der Waals surface area contributed by atoms with Crippen LogP contribution >= 0.6 is 0 Å². The van der Waals surface area contributed by atoms with Gasteiger partial charge in [-0.25, -0.2) is 0 Å². The second-order valence-electron chi connectivity index (χ2n) is 4.75. The van der Waals surface area contributed by atoms with Crippen molar-refractivity contribution >= 4 is 0 Å². The summed E-state index contributed by atoms with van der Waals surface area (Å²) in [6.07, 6.45) is 6.38. The van der Waals surface area contributed by atoms with Gasteiger partial charge in [-0.15, -0.1) is 0 Å². The third kappa shape index (κ3) is 2.57. The van der Waals surface area contributed by atoms with E-state index in [0.717, 1.165) is 12.5 Å². The van der Waals surface area contributed by atoms with Gasteiger partial charge >= 0.3 is 0 Å². The molecule has 2 heteroatoms. The minimum Gasteiger partial charge on any atom is -0.314 e. The largest absolute Gasteiger partial charge is 0.314 e. The van der Waals surface area contributed by atoms with E-state index in [1.54, 1.807) is 0 Å². The summed E-state index contributed by atoms with van der Waals surface area (Å²) in [5.74, 6) is 1.42. The van der Waals surface area contributed by atoms with E-state index >= 15 is 0 Å². The lowest BCUT2D eigenvalue weighted by Gasteiger charge is -2.21. The Bertz CT molecular complexity index is 297. The molecule has 82 valence electrons. The average Bonchev–Trinajstić information content (AvgIpc) is 2.43. The van der Waals surface area contributed by atoms with Gasteiger partial charge in [0.1, 0.15) is 0 Å². The molecular formula is C13H20N2. The highest BCUT2D eigenvalue weighted by atomic mass is 14.9. The third-order valence-electron chi connectivity index (χ3n) is 3.52. The quantitative estimate of drug-likeness (QED) is 0.760. The van der Waals surface area contributed by atoms with Crippen LogP contribution in [0.15, 0.2) is 24.5 Å². The summed E-state index contributed by atoms with van der Waals surface area (Å²) in [5, 5.41) is 3.58. The number of rotatable bonds is 1. The smallest absolute Gasteiger partial charge is 0.0270 e. The molecule has 1 saturated heterocycles. The second-order valence-corrected chi connectivity index (χ2v) is 4.75. The van der Waals surface area contributed by atoms with Gasteiger partial charge in [-0.2, -0.15) is 0 Å². The average molecular weight is 204 g/mol. The molecule has 1 N–H and O–H groups in total. The maximum absolute atomic E-state index is 4.09. The highest BCUT2D eigenvalue weighted by Gasteiger charge is 2.23. The summed E-state index contributed by atoms with van der Waals surface area (Å²) < 4.78 is 0. The molecular weight excluding hydrogens is 184 g/mol. The predicted octanol–water partition coefficient (Wildman–Crippen LogP) is 2.57. The molecule has 1 aromatic rings. The number of nitrogens with one attached hydrogen (secondary N) is 1. The van der Waals surface area contributed by atoms with Crippen LogP contribution in [0.2, 0.25) is 0 Å². The van der Waals surface area contributed by atoms with E-state index in [2.05, 4.69) is 36.3 Å². The van der Waals surface area contributed by atoms with Crippen molar-refractivity contribution in [2.45, 2.75) is 38.6 Å². The molecule has 3 unspecified atom stereocenters. The number of aromatic nitrogens is 1. The first-order valence-electron chi connectivity index (χ1n) is 5.90. The minimum absolute atomic E-state index is 0.666. The Morgan fingerprint density at radius 2 is 1.93 bits per heavy atom. The zero-order chi connectivity index (χ0) is 10.7. The molecule has 2 nitrogen and oxygen atoms in total. The molecule has 0 bridgehead atoms. The zero-order valence-corrected chi connectivity index (χ0v) is 9.61. The van der Waals surface area contributed by atoms with Gasteiger partial charge in [0.15, 0.2) is 0 Å². The van der Waals surface area contributed by atoms with Crippen molar-refractivity contribution in [3.8, 4) is 0 Å². The Kier molecular flexibility index (Phi) is 3.37. The Morgan fingerprint density at radius 3 is 2.67 bits per heavy atom. The van der Waals surface area contributed by atoms with Crippen molar-refractivity contribution < 1.29 is 0 Å². The van der Waals surface area contributed by atoms with Crippen LogP contribution < -0.4 is 5.32 Å². The predicted molar refractivity (Wildman–Crippen MR) is 62.8 cm³/mol. The highest BCUT2D eigenvalue weighted by Crippen LogP contribution is 2.31. The maximum atomic E-state index is 4.09. The fourth-order valence-electron chi connectivity index (χ4n) is 2.45. The normalized spacial score (nSPS) is 32.3. The van der Waals surface area contributed by atoms with Gasteiger partial charge in [-0.05, 0) is 55.8 Å². The van der Waals surface area contributed by atoms with Gasteiger partial charge < -0.3 is 5.32 Å². The molecule has 1 aliphatic heterocycles. The Hall–Kier alpha value is -0.890. The summed E-state index contributed by atoms with van der Waals surface area (Å²) in [6.45, 7) is 5.76. The molecule has 2 rings (SSSR count). The summed E-state index contributed by atoms with van der Waals surface area (Å²) >= 11 is 0. The Balaban J connectivity index is 2.13. The summed E-state index contributed by atoms with van der Waals surface area (Å²) in [7, 11) is 0. The van der Waals surface area contributed by atoms with Gasteiger partial charge in [-0.1, -0.05) is 6.92 Å². The van der Waals surface area contributed by atoms with Crippen LogP contribution in [-0.4, -0.2) is 17.6 Å². The number of pyridine rings is 1. The van der Waals surface area contributed by atoms with E-state index in [4.69, 9.17) is 0 Å². The van der Waals surface area contributed by atoms with Crippen molar-refractivity contribution in [3.05, 3.63) is 30.1 Å². The van der Waals surface area contributed by atoms with E-state index < -0.39 is 0 Å². The Labute approximate surface area is 92.1 Å². The lowest BCUT2D eigenvalue weighted by Crippen LogP contribution is -2.27. The van der Waals surface area contributed by atoms with Crippen molar-refractivity contribution in [2.24, 2.45) is 5.92 Å². The van der Waals surface area contributed by atoms with Gasteiger partial charge in [-0.3, -0.25) is 4.98 Å². The third-order valence-corrected chi connectivity index (χ3v) is 3.52. The molecule has 0 spiro atoms. The standard InChI is InChI=1S/C13H20N2/c1-10-9-15-11(2)3-4-13(10)12-5-7-14-8-6-12/h5-8,10-11,13,15H,3-4,9H2,1-2H3. The fourth-order valence-corrected chi connectivity index (χ4v) is 2.45. The van der Waals surface area contributed by atoms with E-state index in [9.17, 15) is 0 Å². The Morgan fingerprint density at radius 1 is 1.20 bits per heavy atom. The lowest BCUT2D eigenvalue weighted by molar-refractivity contribution is 0.450. The SMILES string of the molecule is CC1CCC(c2ccncc2)C(C)CN1. The first-order valence-corrected chi connectivity index (χ1v) is 5.90. The van der Waals surface area contributed by atoms with E-state index in [-0.39, 0.29) is 0 Å². The monoisotopic (exact) mass is 204 g/mol. The fraction of sp³-hybridized carbons (Fsp3) is 0.615. The van der Waals surface area contributed by atoms with Gasteiger partial charge in [0.05, 0.1) is 0 Å². The number of nitrogens with zero attached hydrogens (tertiary/aromatic N) is 1. The van der Waals surface area contributed by atoms with Crippen molar-refractivity contribution in [3.63, 3.8) is 0 Å². The molecule has 0 saturated carbocycles. The molecule has 0 amide bonds. The van der Waals surface area contributed by atoms with Crippen LogP contribution in [0.25, 0.3) is 0 Å². The summed E-state index contributed by atoms with van der Waals surface area (Å²) in [5.41, 5.74) is 1.45. The summed E-state index contributed by atoms with van der Waals surface area (Å²) in [4.78, 5) is 4.09. The van der Waals surface area contributed by atoms with Gasteiger partial charge in [0, 0.05) is 18.4 Å². The van der Waals surface area contributed by atoms with Crippen LogP contribution in [0.4, 0.5) is 0 Å². The maximum Gasteiger partial charge on any atom is 0.0270 e. The van der Waals surface area contributed by atoms with Crippen LogP contribution in [0.3, 0.4) is 0 Å². The topological polar surface area (TPSA) is 24.9 Å². The molecule has 0 radical (unpaired) electrons. The van der Waals surface area contributed by atoms with Gasteiger partial charge in [0.25, 0.3) is 0 Å². The minimum atomic E-state index is 0.666. The van der Waals surface area contributed by atoms with Crippen molar-refractivity contribution in [1.82, 2.24) is 10.3 Å². The lowest BCUT2D eigenvalue weighted by atomic mass is 9.85. The number of hydrogen-bond donors (Lipinski definition) is 1. The van der Waals surface area contributed by atoms with E-state index in [1.807, 2.05) is 12.4 Å². The van der Waals surface area contributed by atoms with Crippen LogP contribution in [0.1, 0.15) is 38.2 Å². The van der Waals surface area contributed by atoms with E-state index in [0.29, 0.717) is 12.0 Å². The van der Waals surface area contributed by atoms with Crippen LogP contribution in [0, 0.1) is 5.92 Å².